The summed E-state index contributed by atoms with van der Waals surface area (Å²) in [5, 5.41) is 7.74. The fourth-order valence-corrected chi connectivity index (χ4v) is 3.79. The summed E-state index contributed by atoms with van der Waals surface area (Å²) in [6, 6.07) is 14.6. The molecule has 0 radical (unpaired) electrons. The number of thiazole rings is 1. The Hall–Kier alpha value is -3.52. The molecule has 0 saturated heterocycles. The Morgan fingerprint density at radius 3 is 2.77 bits per heavy atom. The summed E-state index contributed by atoms with van der Waals surface area (Å²) in [4.78, 5) is 40.7. The summed E-state index contributed by atoms with van der Waals surface area (Å²) >= 11 is 1.30. The molecule has 1 aliphatic heterocycles. The molecule has 7 nitrogen and oxygen atoms in total. The lowest BCUT2D eigenvalue weighted by atomic mass is 10.0. The van der Waals surface area contributed by atoms with Crippen LogP contribution in [0.4, 0.5) is 10.8 Å². The number of aromatic nitrogens is 1. The maximum Gasteiger partial charge on any atom is 0.338 e. The lowest BCUT2D eigenvalue weighted by molar-refractivity contribution is -0.123. The number of carbonyl (C=O) groups is 3. The second kappa shape index (κ2) is 8.46. The van der Waals surface area contributed by atoms with Gasteiger partial charge in [-0.3, -0.25) is 14.9 Å². The van der Waals surface area contributed by atoms with Crippen LogP contribution in [0.2, 0.25) is 0 Å². The van der Waals surface area contributed by atoms with E-state index in [0.29, 0.717) is 29.2 Å². The van der Waals surface area contributed by atoms with E-state index >= 15 is 0 Å². The minimum Gasteiger partial charge on any atom is -0.449 e. The van der Waals surface area contributed by atoms with Crippen molar-refractivity contribution in [3.05, 3.63) is 65.0 Å². The van der Waals surface area contributed by atoms with Gasteiger partial charge in [0.2, 0.25) is 5.91 Å². The number of benzene rings is 2. The van der Waals surface area contributed by atoms with Crippen molar-refractivity contribution >= 4 is 39.9 Å². The predicted octanol–water partition coefficient (Wildman–Crippen LogP) is 3.88. The maximum absolute atomic E-state index is 12.4. The normalized spacial score (nSPS) is 13.7. The fraction of sp³-hybridized carbons (Fsp3) is 0.182. The largest absolute Gasteiger partial charge is 0.449 e. The molecule has 8 heteroatoms. The highest BCUT2D eigenvalue weighted by molar-refractivity contribution is 7.14. The van der Waals surface area contributed by atoms with Crippen molar-refractivity contribution < 1.29 is 19.1 Å². The van der Waals surface area contributed by atoms with Crippen LogP contribution >= 0.6 is 11.3 Å². The molecule has 0 saturated carbocycles. The van der Waals surface area contributed by atoms with Crippen LogP contribution in [0, 0.1) is 0 Å². The Morgan fingerprint density at radius 1 is 1.17 bits per heavy atom. The van der Waals surface area contributed by atoms with E-state index in [0.717, 1.165) is 16.8 Å². The van der Waals surface area contributed by atoms with Gasteiger partial charge >= 0.3 is 5.97 Å². The van der Waals surface area contributed by atoms with Gasteiger partial charge in [0.1, 0.15) is 0 Å². The number of fused-ring (bicyclic) bond motifs is 1. The molecule has 2 N–H and O–H groups in total. The number of anilines is 2. The van der Waals surface area contributed by atoms with E-state index in [-0.39, 0.29) is 5.91 Å². The second-order valence-corrected chi connectivity index (χ2v) is 7.72. The molecule has 2 aromatic carbocycles. The van der Waals surface area contributed by atoms with Gasteiger partial charge < -0.3 is 10.1 Å². The number of carbonyl (C=O) groups excluding carboxylic acids is 3. The Labute approximate surface area is 177 Å². The summed E-state index contributed by atoms with van der Waals surface area (Å²) in [5.74, 6) is -1.09. The third-order valence-corrected chi connectivity index (χ3v) is 5.45. The molecule has 0 spiro atoms. The smallest absolute Gasteiger partial charge is 0.338 e. The fourth-order valence-electron chi connectivity index (χ4n) is 3.07. The first-order valence-corrected chi connectivity index (χ1v) is 10.3. The molecular weight excluding hydrogens is 402 g/mol. The average Bonchev–Trinajstić information content (AvgIpc) is 3.22. The van der Waals surface area contributed by atoms with Crippen LogP contribution < -0.4 is 10.6 Å². The van der Waals surface area contributed by atoms with E-state index in [9.17, 15) is 14.4 Å². The summed E-state index contributed by atoms with van der Waals surface area (Å²) in [6.07, 6.45) is -0.0489. The zero-order chi connectivity index (χ0) is 21.1. The number of nitrogens with one attached hydrogen (secondary N) is 2. The molecule has 1 unspecified atom stereocenters. The van der Waals surface area contributed by atoms with Gasteiger partial charge in [0.05, 0.1) is 11.3 Å². The molecule has 1 aliphatic rings. The van der Waals surface area contributed by atoms with Crippen LogP contribution in [-0.2, 0) is 20.7 Å². The van der Waals surface area contributed by atoms with Crippen LogP contribution in [0.25, 0.3) is 11.3 Å². The van der Waals surface area contributed by atoms with Crippen molar-refractivity contribution in [2.75, 3.05) is 10.6 Å². The monoisotopic (exact) mass is 421 g/mol. The molecule has 0 fully saturated rings. The van der Waals surface area contributed by atoms with Crippen LogP contribution in [0.5, 0.6) is 0 Å². The lowest BCUT2D eigenvalue weighted by Crippen LogP contribution is -2.30. The molecule has 3 aromatic rings. The quantitative estimate of drug-likeness (QED) is 0.610. The Kier molecular flexibility index (Phi) is 5.58. The molecule has 2 amide bonds. The highest BCUT2D eigenvalue weighted by atomic mass is 32.1. The highest BCUT2D eigenvalue weighted by Crippen LogP contribution is 2.26. The van der Waals surface area contributed by atoms with E-state index in [1.165, 1.54) is 18.3 Å². The Balaban J connectivity index is 1.37. The second-order valence-electron chi connectivity index (χ2n) is 6.86. The van der Waals surface area contributed by atoms with Crippen molar-refractivity contribution in [2.24, 2.45) is 0 Å². The molecule has 0 bridgehead atoms. The van der Waals surface area contributed by atoms with Crippen molar-refractivity contribution in [3.63, 3.8) is 0 Å². The van der Waals surface area contributed by atoms with Gasteiger partial charge in [0.25, 0.3) is 5.91 Å². The van der Waals surface area contributed by atoms with Gasteiger partial charge in [-0.25, -0.2) is 9.78 Å². The molecule has 4 rings (SSSR count). The van der Waals surface area contributed by atoms with Crippen LogP contribution in [0.15, 0.2) is 53.9 Å². The molecule has 1 atom stereocenters. The summed E-state index contributed by atoms with van der Waals surface area (Å²) in [5.41, 5.74) is 3.63. The van der Waals surface area contributed by atoms with Gasteiger partial charge in [0.15, 0.2) is 11.2 Å². The summed E-state index contributed by atoms with van der Waals surface area (Å²) < 4.78 is 5.31. The number of esters is 1. The zero-order valence-corrected chi connectivity index (χ0v) is 17.0. The van der Waals surface area contributed by atoms with E-state index in [1.807, 2.05) is 35.7 Å². The van der Waals surface area contributed by atoms with Crippen LogP contribution in [-0.4, -0.2) is 28.9 Å². The Morgan fingerprint density at radius 2 is 1.97 bits per heavy atom. The van der Waals surface area contributed by atoms with E-state index in [1.54, 1.807) is 18.2 Å². The molecule has 1 aromatic heterocycles. The number of amides is 2. The minimum atomic E-state index is -0.989. The van der Waals surface area contributed by atoms with Crippen molar-refractivity contribution in [1.82, 2.24) is 4.98 Å². The van der Waals surface area contributed by atoms with Gasteiger partial charge in [0, 0.05) is 23.1 Å². The average molecular weight is 421 g/mol. The number of rotatable bonds is 5. The third kappa shape index (κ3) is 4.38. The number of aryl methyl sites for hydroxylation is 1. The third-order valence-electron chi connectivity index (χ3n) is 4.69. The number of hydrogen-bond donors (Lipinski definition) is 2. The predicted molar refractivity (Wildman–Crippen MR) is 114 cm³/mol. The summed E-state index contributed by atoms with van der Waals surface area (Å²) in [7, 11) is 0. The van der Waals surface area contributed by atoms with Crippen LogP contribution in [0.3, 0.4) is 0 Å². The van der Waals surface area contributed by atoms with Gasteiger partial charge in [-0.05, 0) is 37.1 Å². The number of nitrogens with zero attached hydrogens (tertiary/aromatic N) is 1. The Bertz CT molecular complexity index is 1110. The molecule has 2 heterocycles. The molecular formula is C22H19N3O4S. The summed E-state index contributed by atoms with van der Waals surface area (Å²) in [6.45, 7) is 1.51. The molecule has 152 valence electrons. The van der Waals surface area contributed by atoms with Gasteiger partial charge in [-0.2, -0.15) is 0 Å². The lowest BCUT2D eigenvalue weighted by Gasteiger charge is -2.18. The van der Waals surface area contributed by atoms with Crippen molar-refractivity contribution in [3.8, 4) is 11.3 Å². The van der Waals surface area contributed by atoms with Gasteiger partial charge in [-0.15, -0.1) is 11.3 Å². The van der Waals surface area contributed by atoms with Crippen molar-refractivity contribution in [2.45, 2.75) is 25.9 Å². The topological polar surface area (TPSA) is 97.4 Å². The van der Waals surface area contributed by atoms with Crippen LogP contribution in [0.1, 0.15) is 29.3 Å². The maximum atomic E-state index is 12.4. The standard InChI is InChI=1S/C22H19N3O4S/c1-13(20(27)25-22-24-18(12-30-22)14-5-3-2-4-6-14)29-21(28)16-7-9-17-15(11-16)8-10-19(26)23-17/h2-7,9,11-13H,8,10H2,1H3,(H,23,26)(H,24,25,27). The number of ether oxygens (including phenoxy) is 1. The highest BCUT2D eigenvalue weighted by Gasteiger charge is 2.22. The molecule has 30 heavy (non-hydrogen) atoms. The van der Waals surface area contributed by atoms with Gasteiger partial charge in [-0.1, -0.05) is 30.3 Å². The first kappa shape index (κ1) is 19.8. The zero-order valence-electron chi connectivity index (χ0n) is 16.2. The first-order chi connectivity index (χ1) is 14.5. The first-order valence-electron chi connectivity index (χ1n) is 9.45. The number of hydrogen-bond acceptors (Lipinski definition) is 6. The van der Waals surface area contributed by atoms with Crippen molar-refractivity contribution in [1.29, 1.82) is 0 Å². The molecule has 0 aliphatic carbocycles. The van der Waals surface area contributed by atoms with E-state index in [2.05, 4.69) is 15.6 Å². The van der Waals surface area contributed by atoms with E-state index in [4.69, 9.17) is 4.74 Å². The minimum absolute atomic E-state index is 0.0410. The van der Waals surface area contributed by atoms with E-state index < -0.39 is 18.0 Å². The SMILES string of the molecule is CC(OC(=O)c1ccc2c(c1)CCC(=O)N2)C(=O)Nc1nc(-c2ccccc2)cs1.